The van der Waals surface area contributed by atoms with Crippen LogP contribution in [0.2, 0.25) is 0 Å². The Balaban J connectivity index is 1.71. The normalized spacial score (nSPS) is 24.4. The Morgan fingerprint density at radius 3 is 2.36 bits per heavy atom. The molecular weight excluding hydrogens is 278 g/mol. The van der Waals surface area contributed by atoms with E-state index in [1.54, 1.807) is 0 Å². The third-order valence-electron chi connectivity index (χ3n) is 5.04. The molecule has 2 aliphatic carbocycles. The molecule has 0 heterocycles. The van der Waals surface area contributed by atoms with Crippen molar-refractivity contribution in [3.63, 3.8) is 0 Å². The minimum Gasteiger partial charge on any atom is -0.481 e. The Hall–Kier alpha value is -1.84. The number of carbonyl (C=O) groups excluding carboxylic acids is 1. The molecule has 2 N–H and O–H groups in total. The van der Waals surface area contributed by atoms with Gasteiger partial charge in [0.1, 0.15) is 0 Å². The second kappa shape index (κ2) is 6.51. The van der Waals surface area contributed by atoms with E-state index in [1.165, 1.54) is 24.0 Å². The summed E-state index contributed by atoms with van der Waals surface area (Å²) in [6.07, 6.45) is 7.75. The van der Waals surface area contributed by atoms with Crippen molar-refractivity contribution in [3.8, 4) is 0 Å². The molecule has 4 heteroatoms. The van der Waals surface area contributed by atoms with E-state index >= 15 is 0 Å². The van der Waals surface area contributed by atoms with Gasteiger partial charge in [0.25, 0.3) is 0 Å². The van der Waals surface area contributed by atoms with Crippen molar-refractivity contribution in [1.82, 2.24) is 0 Å². The van der Waals surface area contributed by atoms with Crippen LogP contribution in [0.25, 0.3) is 0 Å². The van der Waals surface area contributed by atoms with Crippen LogP contribution in [0.1, 0.15) is 49.7 Å². The van der Waals surface area contributed by atoms with E-state index in [-0.39, 0.29) is 5.91 Å². The molecule has 0 spiro atoms. The zero-order chi connectivity index (χ0) is 15.5. The number of amides is 1. The van der Waals surface area contributed by atoms with Gasteiger partial charge in [-0.3, -0.25) is 9.59 Å². The SMILES string of the molecule is O=C(O)[C@H]1CCCC[C@H]1C(=O)Nc1ccc2c(c1)CCCC2. The highest BCUT2D eigenvalue weighted by atomic mass is 16.4. The predicted octanol–water partition coefficient (Wildman–Crippen LogP) is 3.39. The van der Waals surface area contributed by atoms with E-state index in [2.05, 4.69) is 17.4 Å². The lowest BCUT2D eigenvalue weighted by Gasteiger charge is -2.27. The summed E-state index contributed by atoms with van der Waals surface area (Å²) in [7, 11) is 0. The molecule has 118 valence electrons. The first-order valence-electron chi connectivity index (χ1n) is 8.30. The highest BCUT2D eigenvalue weighted by Crippen LogP contribution is 2.32. The number of carboxylic acid groups (broad SMARTS) is 1. The molecule has 4 nitrogen and oxygen atoms in total. The van der Waals surface area contributed by atoms with Gasteiger partial charge in [0.15, 0.2) is 0 Å². The van der Waals surface area contributed by atoms with E-state index in [0.29, 0.717) is 12.8 Å². The Bertz CT molecular complexity index is 582. The van der Waals surface area contributed by atoms with Crippen LogP contribution in [-0.2, 0) is 22.4 Å². The topological polar surface area (TPSA) is 66.4 Å². The van der Waals surface area contributed by atoms with Crippen LogP contribution in [0.4, 0.5) is 5.69 Å². The molecule has 0 saturated heterocycles. The summed E-state index contributed by atoms with van der Waals surface area (Å²) < 4.78 is 0. The first-order valence-corrected chi connectivity index (χ1v) is 8.30. The van der Waals surface area contributed by atoms with Gasteiger partial charge in [-0.2, -0.15) is 0 Å². The first-order chi connectivity index (χ1) is 10.6. The minimum atomic E-state index is -0.842. The fourth-order valence-corrected chi connectivity index (χ4v) is 3.79. The lowest BCUT2D eigenvalue weighted by atomic mass is 9.78. The molecule has 0 aromatic heterocycles. The van der Waals surface area contributed by atoms with E-state index < -0.39 is 17.8 Å². The number of fused-ring (bicyclic) bond motifs is 1. The molecule has 1 aromatic rings. The zero-order valence-electron chi connectivity index (χ0n) is 12.8. The molecule has 0 radical (unpaired) electrons. The lowest BCUT2D eigenvalue weighted by Crippen LogP contribution is -2.36. The van der Waals surface area contributed by atoms with E-state index in [0.717, 1.165) is 31.4 Å². The molecule has 2 aliphatic rings. The van der Waals surface area contributed by atoms with Crippen LogP contribution in [-0.4, -0.2) is 17.0 Å². The van der Waals surface area contributed by atoms with Crippen molar-refractivity contribution in [2.45, 2.75) is 51.4 Å². The van der Waals surface area contributed by atoms with Crippen molar-refractivity contribution >= 4 is 17.6 Å². The number of benzene rings is 1. The number of hydrogen-bond acceptors (Lipinski definition) is 2. The summed E-state index contributed by atoms with van der Waals surface area (Å²) >= 11 is 0. The van der Waals surface area contributed by atoms with Crippen LogP contribution < -0.4 is 5.32 Å². The maximum Gasteiger partial charge on any atom is 0.307 e. The molecule has 1 amide bonds. The van der Waals surface area contributed by atoms with Crippen molar-refractivity contribution in [1.29, 1.82) is 0 Å². The van der Waals surface area contributed by atoms with E-state index in [9.17, 15) is 14.7 Å². The summed E-state index contributed by atoms with van der Waals surface area (Å²) in [5.74, 6) is -1.91. The lowest BCUT2D eigenvalue weighted by molar-refractivity contribution is -0.147. The summed E-state index contributed by atoms with van der Waals surface area (Å²) in [6, 6.07) is 6.10. The molecule has 1 fully saturated rings. The van der Waals surface area contributed by atoms with Gasteiger partial charge in [0.05, 0.1) is 11.8 Å². The Morgan fingerprint density at radius 2 is 1.64 bits per heavy atom. The Labute approximate surface area is 130 Å². The quantitative estimate of drug-likeness (QED) is 0.899. The number of anilines is 1. The van der Waals surface area contributed by atoms with E-state index in [4.69, 9.17) is 0 Å². The standard InChI is InChI=1S/C18H23NO3/c20-17(15-7-3-4-8-16(15)18(21)22)19-14-10-9-12-5-1-2-6-13(12)11-14/h9-11,15-16H,1-8H2,(H,19,20)(H,21,22)/t15-,16+/m1/s1. The van der Waals surface area contributed by atoms with Crippen LogP contribution in [0, 0.1) is 11.8 Å². The second-order valence-electron chi connectivity index (χ2n) is 6.52. The van der Waals surface area contributed by atoms with Crippen molar-refractivity contribution in [2.75, 3.05) is 5.32 Å². The van der Waals surface area contributed by atoms with E-state index in [1.807, 2.05) is 6.07 Å². The summed E-state index contributed by atoms with van der Waals surface area (Å²) in [6.45, 7) is 0. The van der Waals surface area contributed by atoms with Crippen molar-refractivity contribution < 1.29 is 14.7 Å². The van der Waals surface area contributed by atoms with Gasteiger partial charge in [0.2, 0.25) is 5.91 Å². The number of nitrogens with one attached hydrogen (secondary N) is 1. The van der Waals surface area contributed by atoms with Crippen LogP contribution in [0.3, 0.4) is 0 Å². The first kappa shape index (κ1) is 15.1. The number of aryl methyl sites for hydroxylation is 2. The summed E-state index contributed by atoms with van der Waals surface area (Å²) in [4.78, 5) is 23.8. The molecule has 1 saturated carbocycles. The Morgan fingerprint density at radius 1 is 0.955 bits per heavy atom. The Kier molecular flexibility index (Phi) is 4.46. The second-order valence-corrected chi connectivity index (χ2v) is 6.52. The van der Waals surface area contributed by atoms with Crippen LogP contribution in [0.15, 0.2) is 18.2 Å². The molecule has 3 rings (SSSR count). The minimum absolute atomic E-state index is 0.136. The third kappa shape index (κ3) is 3.16. The highest BCUT2D eigenvalue weighted by molar-refractivity contribution is 5.95. The maximum atomic E-state index is 12.5. The van der Waals surface area contributed by atoms with Crippen molar-refractivity contribution in [3.05, 3.63) is 29.3 Å². The van der Waals surface area contributed by atoms with Gasteiger partial charge in [0, 0.05) is 5.69 Å². The number of carboxylic acids is 1. The van der Waals surface area contributed by atoms with Crippen LogP contribution in [0.5, 0.6) is 0 Å². The monoisotopic (exact) mass is 301 g/mol. The van der Waals surface area contributed by atoms with Gasteiger partial charge in [-0.25, -0.2) is 0 Å². The molecule has 0 bridgehead atoms. The molecule has 1 aromatic carbocycles. The molecular formula is C18H23NO3. The number of carbonyl (C=O) groups is 2. The van der Waals surface area contributed by atoms with Gasteiger partial charge < -0.3 is 10.4 Å². The summed E-state index contributed by atoms with van der Waals surface area (Å²) in [5.41, 5.74) is 3.51. The highest BCUT2D eigenvalue weighted by Gasteiger charge is 2.35. The largest absolute Gasteiger partial charge is 0.481 e. The van der Waals surface area contributed by atoms with Crippen molar-refractivity contribution in [2.24, 2.45) is 11.8 Å². The number of rotatable bonds is 3. The average molecular weight is 301 g/mol. The molecule has 22 heavy (non-hydrogen) atoms. The predicted molar refractivity (Wildman–Crippen MR) is 84.8 cm³/mol. The van der Waals surface area contributed by atoms with Gasteiger partial charge in [-0.15, -0.1) is 0 Å². The van der Waals surface area contributed by atoms with Crippen LogP contribution >= 0.6 is 0 Å². The smallest absolute Gasteiger partial charge is 0.307 e. The fraction of sp³-hybridized carbons (Fsp3) is 0.556. The van der Waals surface area contributed by atoms with Gasteiger partial charge in [-0.05, 0) is 61.8 Å². The summed E-state index contributed by atoms with van der Waals surface area (Å²) in [5, 5.41) is 12.2. The zero-order valence-corrected chi connectivity index (χ0v) is 12.8. The third-order valence-corrected chi connectivity index (χ3v) is 5.04. The van der Waals surface area contributed by atoms with Gasteiger partial charge >= 0.3 is 5.97 Å². The fourth-order valence-electron chi connectivity index (χ4n) is 3.79. The number of hydrogen-bond donors (Lipinski definition) is 2. The average Bonchev–Trinajstić information content (AvgIpc) is 2.54. The number of aliphatic carboxylic acids is 1. The molecule has 0 aliphatic heterocycles. The maximum absolute atomic E-state index is 12.5. The molecule has 0 unspecified atom stereocenters. The molecule has 2 atom stereocenters. The van der Waals surface area contributed by atoms with Gasteiger partial charge in [-0.1, -0.05) is 18.9 Å².